The third kappa shape index (κ3) is 1.62. The Balaban J connectivity index is 2.78. The van der Waals surface area contributed by atoms with Crippen LogP contribution in [0, 0.1) is 0 Å². The van der Waals surface area contributed by atoms with Crippen molar-refractivity contribution in [2.45, 2.75) is 37.3 Å². The van der Waals surface area contributed by atoms with Crippen molar-refractivity contribution in [3.05, 3.63) is 0 Å². The lowest BCUT2D eigenvalue weighted by Gasteiger charge is -2.21. The molecule has 1 rings (SSSR count). The van der Waals surface area contributed by atoms with Crippen LogP contribution in [0.25, 0.3) is 0 Å². The molecule has 1 aliphatic heterocycles. The highest BCUT2D eigenvalue weighted by Gasteiger charge is 2.44. The van der Waals surface area contributed by atoms with Crippen LogP contribution in [0.3, 0.4) is 0 Å². The van der Waals surface area contributed by atoms with E-state index in [1.165, 1.54) is 0 Å². The first-order chi connectivity index (χ1) is 5.39. The van der Waals surface area contributed by atoms with Crippen molar-refractivity contribution in [2.24, 2.45) is 5.73 Å². The van der Waals surface area contributed by atoms with Gasteiger partial charge in [0.2, 0.25) is 5.06 Å². The van der Waals surface area contributed by atoms with E-state index in [1.54, 1.807) is 0 Å². The van der Waals surface area contributed by atoms with Crippen LogP contribution in [-0.2, 0) is 14.6 Å². The minimum atomic E-state index is -3.29. The Morgan fingerprint density at radius 3 is 2.50 bits per heavy atom. The summed E-state index contributed by atoms with van der Waals surface area (Å²) in [4.78, 5) is 0. The Bertz CT molecular complexity index is 262. The second-order valence-electron chi connectivity index (χ2n) is 3.27. The number of sulfone groups is 1. The lowest BCUT2D eigenvalue weighted by atomic mass is 10.2. The molecule has 2 unspecified atom stereocenters. The molecule has 1 fully saturated rings. The van der Waals surface area contributed by atoms with Gasteiger partial charge in [0.05, 0.1) is 6.10 Å². The molecule has 0 spiro atoms. The third-order valence-corrected chi connectivity index (χ3v) is 3.82. The summed E-state index contributed by atoms with van der Waals surface area (Å²) in [5, 5.41) is -1.42. The average Bonchev–Trinajstić information content (AvgIpc) is 2.31. The highest BCUT2D eigenvalue weighted by Crippen LogP contribution is 2.31. The maximum atomic E-state index is 11.2. The molecule has 2 N–H and O–H groups in total. The second-order valence-corrected chi connectivity index (χ2v) is 5.51. The lowest BCUT2D eigenvalue weighted by Crippen LogP contribution is -2.47. The van der Waals surface area contributed by atoms with Gasteiger partial charge in [0.1, 0.15) is 0 Å². The van der Waals surface area contributed by atoms with Gasteiger partial charge in [-0.05, 0) is 12.8 Å². The molecule has 1 heterocycles. The normalized spacial score (nSPS) is 37.1. The van der Waals surface area contributed by atoms with Crippen molar-refractivity contribution in [2.75, 3.05) is 6.26 Å². The molecule has 0 aliphatic carbocycles. The van der Waals surface area contributed by atoms with E-state index in [0.717, 1.165) is 19.1 Å². The smallest absolute Gasteiger partial charge is 0.220 e. The van der Waals surface area contributed by atoms with Gasteiger partial charge in [0.25, 0.3) is 0 Å². The molecule has 0 bridgehead atoms. The Hall–Kier alpha value is -0.130. The van der Waals surface area contributed by atoms with Gasteiger partial charge in [0.15, 0.2) is 9.84 Å². The predicted octanol–water partition coefficient (Wildman–Crippen LogP) is 0.233. The van der Waals surface area contributed by atoms with Gasteiger partial charge in [-0.25, -0.2) is 8.42 Å². The molecule has 0 aromatic heterocycles. The van der Waals surface area contributed by atoms with E-state index in [0.29, 0.717) is 6.42 Å². The maximum absolute atomic E-state index is 11.2. The molecule has 1 aliphatic rings. The zero-order valence-corrected chi connectivity index (χ0v) is 8.23. The Labute approximate surface area is 73.0 Å². The van der Waals surface area contributed by atoms with Gasteiger partial charge in [0, 0.05) is 12.7 Å². The summed E-state index contributed by atoms with van der Waals surface area (Å²) >= 11 is 0. The Kier molecular flexibility index (Phi) is 2.47. The van der Waals surface area contributed by atoms with Crippen LogP contribution in [0.5, 0.6) is 0 Å². The summed E-state index contributed by atoms with van der Waals surface area (Å²) in [6.45, 7) is 1.96. The highest BCUT2D eigenvalue weighted by atomic mass is 32.2. The van der Waals surface area contributed by atoms with Gasteiger partial charge in [-0.15, -0.1) is 0 Å². The fourth-order valence-corrected chi connectivity index (χ4v) is 2.12. The molecule has 0 radical (unpaired) electrons. The largest absolute Gasteiger partial charge is 0.344 e. The Morgan fingerprint density at radius 2 is 2.25 bits per heavy atom. The van der Waals surface area contributed by atoms with E-state index >= 15 is 0 Å². The van der Waals surface area contributed by atoms with Gasteiger partial charge in [-0.2, -0.15) is 0 Å². The molecule has 2 atom stereocenters. The van der Waals surface area contributed by atoms with E-state index in [1.807, 2.05) is 6.92 Å². The summed E-state index contributed by atoms with van der Waals surface area (Å²) in [6, 6.07) is 0. The fraction of sp³-hybridized carbons (Fsp3) is 1.00. The minimum Gasteiger partial charge on any atom is -0.344 e. The molecule has 4 nitrogen and oxygen atoms in total. The maximum Gasteiger partial charge on any atom is 0.220 e. The zero-order valence-electron chi connectivity index (χ0n) is 7.41. The molecule has 1 saturated heterocycles. The predicted molar refractivity (Wildman–Crippen MR) is 46.2 cm³/mol. The SMILES string of the molecule is CCC1CCC(N)(S(C)(=O)=O)O1. The summed E-state index contributed by atoms with van der Waals surface area (Å²) < 4.78 is 27.6. The molecular weight excluding hydrogens is 178 g/mol. The number of rotatable bonds is 2. The van der Waals surface area contributed by atoms with Gasteiger partial charge in [-0.1, -0.05) is 6.92 Å². The quantitative estimate of drug-likeness (QED) is 0.681. The molecule has 12 heavy (non-hydrogen) atoms. The molecular formula is C7H15NO3S. The summed E-state index contributed by atoms with van der Waals surface area (Å²) in [6.07, 6.45) is 3.08. The van der Waals surface area contributed by atoms with Crippen LogP contribution < -0.4 is 5.73 Å². The first-order valence-corrected chi connectivity index (χ1v) is 5.94. The van der Waals surface area contributed by atoms with Crippen LogP contribution in [0.15, 0.2) is 0 Å². The van der Waals surface area contributed by atoms with E-state index < -0.39 is 14.9 Å². The monoisotopic (exact) mass is 193 g/mol. The van der Waals surface area contributed by atoms with Crippen molar-refractivity contribution >= 4 is 9.84 Å². The van der Waals surface area contributed by atoms with Crippen LogP contribution in [0.4, 0.5) is 0 Å². The fourth-order valence-electron chi connectivity index (χ4n) is 1.32. The van der Waals surface area contributed by atoms with E-state index in [-0.39, 0.29) is 6.10 Å². The van der Waals surface area contributed by atoms with Crippen LogP contribution in [-0.4, -0.2) is 25.8 Å². The molecule has 0 amide bonds. The number of nitrogens with two attached hydrogens (primary N) is 1. The van der Waals surface area contributed by atoms with Gasteiger partial charge >= 0.3 is 0 Å². The first kappa shape index (κ1) is 9.95. The summed E-state index contributed by atoms with van der Waals surface area (Å²) in [5.74, 6) is 0. The second kappa shape index (κ2) is 2.97. The van der Waals surface area contributed by atoms with Gasteiger partial charge in [-0.3, -0.25) is 5.73 Å². The van der Waals surface area contributed by atoms with Crippen molar-refractivity contribution in [1.82, 2.24) is 0 Å². The minimum absolute atomic E-state index is 0.00437. The molecule has 5 heteroatoms. The number of hydrogen-bond acceptors (Lipinski definition) is 4. The molecule has 0 aromatic carbocycles. The molecule has 0 saturated carbocycles. The first-order valence-electron chi connectivity index (χ1n) is 4.05. The number of hydrogen-bond donors (Lipinski definition) is 1. The van der Waals surface area contributed by atoms with E-state index in [4.69, 9.17) is 10.5 Å². The van der Waals surface area contributed by atoms with Crippen LogP contribution >= 0.6 is 0 Å². The zero-order chi connectivity index (χ0) is 9.41. The van der Waals surface area contributed by atoms with Crippen molar-refractivity contribution in [3.63, 3.8) is 0 Å². The Morgan fingerprint density at radius 1 is 1.67 bits per heavy atom. The van der Waals surface area contributed by atoms with Crippen LogP contribution in [0.2, 0.25) is 0 Å². The van der Waals surface area contributed by atoms with E-state index in [9.17, 15) is 8.42 Å². The molecule has 72 valence electrons. The molecule has 0 aromatic rings. The topological polar surface area (TPSA) is 69.4 Å². The average molecular weight is 193 g/mol. The van der Waals surface area contributed by atoms with Crippen molar-refractivity contribution in [3.8, 4) is 0 Å². The summed E-state index contributed by atoms with van der Waals surface area (Å²) in [7, 11) is -3.29. The highest BCUT2D eigenvalue weighted by molar-refractivity contribution is 7.91. The third-order valence-electron chi connectivity index (χ3n) is 2.26. The standard InChI is InChI=1S/C7H15NO3S/c1-3-6-4-5-7(8,11-6)12(2,9)10/h6H,3-5,8H2,1-2H3. The van der Waals surface area contributed by atoms with Crippen LogP contribution in [0.1, 0.15) is 26.2 Å². The lowest BCUT2D eigenvalue weighted by molar-refractivity contribution is 0.0180. The van der Waals surface area contributed by atoms with Crippen molar-refractivity contribution < 1.29 is 13.2 Å². The van der Waals surface area contributed by atoms with E-state index in [2.05, 4.69) is 0 Å². The summed E-state index contributed by atoms with van der Waals surface area (Å²) in [5.41, 5.74) is 5.59. The van der Waals surface area contributed by atoms with Gasteiger partial charge < -0.3 is 4.74 Å². The van der Waals surface area contributed by atoms with Crippen molar-refractivity contribution in [1.29, 1.82) is 0 Å². The number of ether oxygens (including phenoxy) is 1.